The van der Waals surface area contributed by atoms with E-state index < -0.39 is 17.5 Å². The van der Waals surface area contributed by atoms with E-state index >= 15 is 0 Å². The number of nitrogens with zero attached hydrogens (tertiary/aromatic N) is 1. The van der Waals surface area contributed by atoms with E-state index in [1.165, 1.54) is 11.0 Å². The highest BCUT2D eigenvalue weighted by atomic mass is 35.5. The number of carboxylic acid groups (broad SMARTS) is 1. The number of ether oxygens (including phenoxy) is 1. The lowest BCUT2D eigenvalue weighted by molar-refractivity contribution is -0.143. The highest BCUT2D eigenvalue weighted by Crippen LogP contribution is 2.38. The number of amides is 1. The van der Waals surface area contributed by atoms with Crippen molar-refractivity contribution in [2.24, 2.45) is 0 Å². The van der Waals surface area contributed by atoms with Crippen LogP contribution >= 0.6 is 11.6 Å². The Morgan fingerprint density at radius 1 is 1.48 bits per heavy atom. The number of benzene rings is 1. The first kappa shape index (κ1) is 15.4. The minimum Gasteiger partial charge on any atom is -0.481 e. The molecular weight excluding hydrogens is 294 g/mol. The van der Waals surface area contributed by atoms with Gasteiger partial charge in [0, 0.05) is 18.1 Å². The van der Waals surface area contributed by atoms with Gasteiger partial charge in [0.15, 0.2) is 0 Å². The maximum absolute atomic E-state index is 11.9. The van der Waals surface area contributed by atoms with Crippen molar-refractivity contribution in [3.8, 4) is 0 Å². The monoisotopic (exact) mass is 309 g/mol. The van der Waals surface area contributed by atoms with E-state index in [-0.39, 0.29) is 13.2 Å². The lowest BCUT2D eigenvalue weighted by atomic mass is 9.79. The average molecular weight is 310 g/mol. The van der Waals surface area contributed by atoms with Crippen LogP contribution in [0.5, 0.6) is 0 Å². The van der Waals surface area contributed by atoms with Crippen molar-refractivity contribution in [3.05, 3.63) is 47.5 Å². The van der Waals surface area contributed by atoms with Crippen LogP contribution in [-0.4, -0.2) is 41.8 Å². The van der Waals surface area contributed by atoms with Crippen molar-refractivity contribution in [1.29, 1.82) is 0 Å². The van der Waals surface area contributed by atoms with E-state index in [4.69, 9.17) is 16.3 Å². The number of carbonyl (C=O) groups is 2. The van der Waals surface area contributed by atoms with Gasteiger partial charge < -0.3 is 14.7 Å². The lowest BCUT2D eigenvalue weighted by Gasteiger charge is -2.26. The zero-order valence-electron chi connectivity index (χ0n) is 11.4. The molecule has 1 unspecified atom stereocenters. The molecule has 112 valence electrons. The van der Waals surface area contributed by atoms with E-state index in [0.717, 1.165) is 0 Å². The number of carboxylic acids is 1. The quantitative estimate of drug-likeness (QED) is 0.868. The normalized spacial score (nSPS) is 21.1. The smallest absolute Gasteiger partial charge is 0.410 e. The number of carbonyl (C=O) groups excluding carboxylic acids is 1. The van der Waals surface area contributed by atoms with Gasteiger partial charge in [0.05, 0.1) is 0 Å². The molecule has 1 saturated heterocycles. The van der Waals surface area contributed by atoms with E-state index in [1.807, 2.05) is 0 Å². The van der Waals surface area contributed by atoms with Crippen LogP contribution in [0.15, 0.2) is 36.9 Å². The van der Waals surface area contributed by atoms with Gasteiger partial charge >= 0.3 is 12.1 Å². The van der Waals surface area contributed by atoms with Gasteiger partial charge in [-0.15, -0.1) is 0 Å². The fraction of sp³-hybridized carbons (Fsp3) is 0.333. The van der Waals surface area contributed by atoms with Crippen LogP contribution in [0, 0.1) is 0 Å². The Morgan fingerprint density at radius 2 is 2.19 bits per heavy atom. The molecule has 1 aliphatic heterocycles. The molecule has 0 bridgehead atoms. The molecule has 1 N–H and O–H groups in total. The van der Waals surface area contributed by atoms with Gasteiger partial charge in [0.2, 0.25) is 0 Å². The second kappa shape index (κ2) is 6.18. The number of hydrogen-bond donors (Lipinski definition) is 1. The van der Waals surface area contributed by atoms with Crippen LogP contribution < -0.4 is 0 Å². The number of rotatable bonds is 4. The Labute approximate surface area is 127 Å². The first-order valence-electron chi connectivity index (χ1n) is 6.52. The molecule has 1 heterocycles. The summed E-state index contributed by atoms with van der Waals surface area (Å²) in [5.41, 5.74) is -0.663. The van der Waals surface area contributed by atoms with Crippen molar-refractivity contribution in [2.45, 2.75) is 11.8 Å². The van der Waals surface area contributed by atoms with E-state index in [9.17, 15) is 14.7 Å². The molecule has 1 aromatic carbocycles. The third-order valence-corrected chi connectivity index (χ3v) is 3.98. The van der Waals surface area contributed by atoms with Crippen molar-refractivity contribution >= 4 is 23.7 Å². The SMILES string of the molecule is C=CCOC(=O)N1CCC(C(=O)O)(c2ccccc2Cl)C1. The van der Waals surface area contributed by atoms with E-state index in [0.29, 0.717) is 23.6 Å². The molecule has 0 radical (unpaired) electrons. The third-order valence-electron chi connectivity index (χ3n) is 3.65. The minimum atomic E-state index is -1.19. The molecule has 5 nitrogen and oxygen atoms in total. The second-order valence-corrected chi connectivity index (χ2v) is 5.31. The van der Waals surface area contributed by atoms with Crippen LogP contribution in [0.3, 0.4) is 0 Å². The van der Waals surface area contributed by atoms with Crippen molar-refractivity contribution in [3.63, 3.8) is 0 Å². The van der Waals surface area contributed by atoms with Crippen molar-refractivity contribution in [2.75, 3.05) is 19.7 Å². The molecule has 0 spiro atoms. The summed E-state index contributed by atoms with van der Waals surface area (Å²) in [5.74, 6) is -0.991. The predicted molar refractivity (Wildman–Crippen MR) is 78.5 cm³/mol. The van der Waals surface area contributed by atoms with Gasteiger partial charge in [-0.05, 0) is 18.1 Å². The number of halogens is 1. The van der Waals surface area contributed by atoms with Crippen LogP contribution in [0.25, 0.3) is 0 Å². The maximum Gasteiger partial charge on any atom is 0.410 e. The van der Waals surface area contributed by atoms with Crippen molar-refractivity contribution < 1.29 is 19.4 Å². The topological polar surface area (TPSA) is 66.8 Å². The molecule has 1 atom stereocenters. The first-order valence-corrected chi connectivity index (χ1v) is 6.90. The summed E-state index contributed by atoms with van der Waals surface area (Å²) in [6.45, 7) is 3.92. The van der Waals surface area contributed by atoms with Gasteiger partial charge in [0.25, 0.3) is 0 Å². The Morgan fingerprint density at radius 3 is 2.81 bits per heavy atom. The summed E-state index contributed by atoms with van der Waals surface area (Å²) in [6.07, 6.45) is 1.23. The maximum atomic E-state index is 11.9. The van der Waals surface area contributed by atoms with Crippen LogP contribution in [0.1, 0.15) is 12.0 Å². The molecule has 1 fully saturated rings. The predicted octanol–water partition coefficient (Wildman–Crippen LogP) is 2.69. The molecule has 1 amide bonds. The standard InChI is InChI=1S/C15H16ClNO4/c1-2-9-21-14(20)17-8-7-15(10-17,13(18)19)11-5-3-4-6-12(11)16/h2-6H,1,7-10H2,(H,18,19). The summed E-state index contributed by atoms with van der Waals surface area (Å²) in [5, 5.41) is 10.1. The van der Waals surface area contributed by atoms with Gasteiger partial charge in [-0.2, -0.15) is 0 Å². The van der Waals surface area contributed by atoms with E-state index in [1.54, 1.807) is 24.3 Å². The zero-order chi connectivity index (χ0) is 15.5. The second-order valence-electron chi connectivity index (χ2n) is 4.90. The fourth-order valence-corrected chi connectivity index (χ4v) is 2.86. The molecule has 6 heteroatoms. The van der Waals surface area contributed by atoms with Gasteiger partial charge in [-0.3, -0.25) is 4.79 Å². The summed E-state index contributed by atoms with van der Waals surface area (Å²) in [7, 11) is 0. The summed E-state index contributed by atoms with van der Waals surface area (Å²) in [6, 6.07) is 6.83. The molecule has 2 rings (SSSR count). The Bertz CT molecular complexity index is 575. The van der Waals surface area contributed by atoms with Crippen LogP contribution in [-0.2, 0) is 14.9 Å². The molecule has 1 aliphatic rings. The van der Waals surface area contributed by atoms with Gasteiger partial charge in [-0.25, -0.2) is 4.79 Å². The molecular formula is C15H16ClNO4. The number of hydrogen-bond acceptors (Lipinski definition) is 3. The Hall–Kier alpha value is -2.01. The Kier molecular flexibility index (Phi) is 4.53. The average Bonchev–Trinajstić information content (AvgIpc) is 2.91. The summed E-state index contributed by atoms with van der Waals surface area (Å²) < 4.78 is 4.96. The summed E-state index contributed by atoms with van der Waals surface area (Å²) >= 11 is 6.14. The lowest BCUT2D eigenvalue weighted by Crippen LogP contribution is -2.40. The van der Waals surface area contributed by atoms with E-state index in [2.05, 4.69) is 6.58 Å². The molecule has 0 aliphatic carbocycles. The Balaban J connectivity index is 2.27. The fourth-order valence-electron chi connectivity index (χ4n) is 2.55. The molecule has 21 heavy (non-hydrogen) atoms. The highest BCUT2D eigenvalue weighted by Gasteiger charge is 2.49. The first-order chi connectivity index (χ1) is 10.0. The van der Waals surface area contributed by atoms with Gasteiger partial charge in [-0.1, -0.05) is 42.5 Å². The van der Waals surface area contributed by atoms with Crippen molar-refractivity contribution in [1.82, 2.24) is 4.90 Å². The molecule has 1 aromatic rings. The minimum absolute atomic E-state index is 0.0437. The van der Waals surface area contributed by atoms with Crippen LogP contribution in [0.2, 0.25) is 5.02 Å². The van der Waals surface area contributed by atoms with Crippen LogP contribution in [0.4, 0.5) is 4.79 Å². The largest absolute Gasteiger partial charge is 0.481 e. The zero-order valence-corrected chi connectivity index (χ0v) is 12.2. The number of aliphatic carboxylic acids is 1. The molecule has 0 aromatic heterocycles. The highest BCUT2D eigenvalue weighted by molar-refractivity contribution is 6.31. The number of likely N-dealkylation sites (tertiary alicyclic amines) is 1. The van der Waals surface area contributed by atoms with Gasteiger partial charge in [0.1, 0.15) is 12.0 Å². The molecule has 0 saturated carbocycles. The third kappa shape index (κ3) is 2.88. The summed E-state index contributed by atoms with van der Waals surface area (Å²) in [4.78, 5) is 25.1.